The van der Waals surface area contributed by atoms with Gasteiger partial charge in [-0.1, -0.05) is 30.7 Å². The maximum atomic E-state index is 13.6. The third kappa shape index (κ3) is 7.86. The quantitative estimate of drug-likeness (QED) is 0.484. The number of amides is 2. The summed E-state index contributed by atoms with van der Waals surface area (Å²) in [6.07, 6.45) is 1.78. The van der Waals surface area contributed by atoms with Gasteiger partial charge >= 0.3 is 0 Å². The Balaban J connectivity index is 2.41. The molecule has 0 saturated carbocycles. The zero-order valence-electron chi connectivity index (χ0n) is 21.0. The smallest absolute Gasteiger partial charge is 0.244 e. The van der Waals surface area contributed by atoms with Gasteiger partial charge in [0.05, 0.1) is 19.1 Å². The molecule has 0 bridgehead atoms. The van der Waals surface area contributed by atoms with Gasteiger partial charge in [-0.25, -0.2) is 8.42 Å². The molecule has 35 heavy (non-hydrogen) atoms. The Morgan fingerprint density at radius 3 is 2.26 bits per heavy atom. The molecule has 0 aromatic heterocycles. The van der Waals surface area contributed by atoms with Crippen molar-refractivity contribution < 1.29 is 22.7 Å². The summed E-state index contributed by atoms with van der Waals surface area (Å²) in [5, 5.41) is 3.36. The summed E-state index contributed by atoms with van der Waals surface area (Å²) < 4.78 is 31.6. The number of nitrogens with one attached hydrogen (secondary N) is 1. The number of anilines is 1. The molecular formula is C25H34ClN3O5S. The van der Waals surface area contributed by atoms with E-state index in [0.717, 1.165) is 22.5 Å². The van der Waals surface area contributed by atoms with Crippen molar-refractivity contribution in [2.24, 2.45) is 0 Å². The standard InChI is InChI=1S/C25H34ClN3O5S/c1-7-18(3)27-25(31)19(4)28(15-20-8-11-22(34-5)12-9-20)24(30)16-29(35(6,32)33)23-13-10-21(26)14-17(23)2/h8-14,18-19H,7,15-16H2,1-6H3,(H,27,31). The summed E-state index contributed by atoms with van der Waals surface area (Å²) in [6, 6.07) is 11.0. The Hall–Kier alpha value is -2.78. The highest BCUT2D eigenvalue weighted by Gasteiger charge is 2.31. The van der Waals surface area contributed by atoms with Crippen LogP contribution in [-0.2, 0) is 26.2 Å². The Morgan fingerprint density at radius 1 is 1.11 bits per heavy atom. The van der Waals surface area contributed by atoms with Gasteiger partial charge in [0.25, 0.3) is 0 Å². The van der Waals surface area contributed by atoms with Crippen LogP contribution in [0.5, 0.6) is 5.75 Å². The maximum absolute atomic E-state index is 13.6. The Kier molecular flexibility index (Phi) is 9.97. The zero-order valence-corrected chi connectivity index (χ0v) is 22.6. The van der Waals surface area contributed by atoms with E-state index in [2.05, 4.69) is 5.32 Å². The third-order valence-corrected chi connectivity index (χ3v) is 7.15. The molecular weight excluding hydrogens is 490 g/mol. The Bertz CT molecular complexity index is 1140. The van der Waals surface area contributed by atoms with Gasteiger partial charge in [0.15, 0.2) is 0 Å². The molecule has 2 rings (SSSR count). The van der Waals surface area contributed by atoms with Crippen molar-refractivity contribution in [1.29, 1.82) is 0 Å². The lowest BCUT2D eigenvalue weighted by Crippen LogP contribution is -2.52. The lowest BCUT2D eigenvalue weighted by atomic mass is 10.1. The second kappa shape index (κ2) is 12.3. The Morgan fingerprint density at radius 2 is 1.74 bits per heavy atom. The predicted octanol–water partition coefficient (Wildman–Crippen LogP) is 3.76. The van der Waals surface area contributed by atoms with Crippen LogP contribution in [0.1, 0.15) is 38.3 Å². The molecule has 0 aliphatic carbocycles. The maximum Gasteiger partial charge on any atom is 0.244 e. The number of benzene rings is 2. The number of hydrogen-bond acceptors (Lipinski definition) is 5. The largest absolute Gasteiger partial charge is 0.497 e. The van der Waals surface area contributed by atoms with E-state index in [9.17, 15) is 18.0 Å². The zero-order chi connectivity index (χ0) is 26.3. The number of nitrogens with zero attached hydrogens (tertiary/aromatic N) is 2. The van der Waals surface area contributed by atoms with Gasteiger partial charge in [-0.3, -0.25) is 13.9 Å². The molecule has 10 heteroatoms. The molecule has 0 saturated heterocycles. The summed E-state index contributed by atoms with van der Waals surface area (Å²) in [7, 11) is -2.25. The first-order chi connectivity index (χ1) is 16.4. The number of halogens is 1. The van der Waals surface area contributed by atoms with E-state index in [0.29, 0.717) is 22.0 Å². The second-order valence-electron chi connectivity index (χ2n) is 8.56. The van der Waals surface area contributed by atoms with Crippen LogP contribution < -0.4 is 14.4 Å². The molecule has 2 aromatic rings. The van der Waals surface area contributed by atoms with Crippen LogP contribution in [0.2, 0.25) is 5.02 Å². The second-order valence-corrected chi connectivity index (χ2v) is 10.9. The number of aryl methyl sites for hydroxylation is 1. The lowest BCUT2D eigenvalue weighted by molar-refractivity contribution is -0.139. The van der Waals surface area contributed by atoms with E-state index in [1.54, 1.807) is 63.4 Å². The van der Waals surface area contributed by atoms with Crippen molar-refractivity contribution in [3.8, 4) is 5.75 Å². The van der Waals surface area contributed by atoms with Crippen LogP contribution in [0.25, 0.3) is 0 Å². The first-order valence-corrected chi connectivity index (χ1v) is 13.6. The molecule has 1 N–H and O–H groups in total. The first kappa shape index (κ1) is 28.5. The van der Waals surface area contributed by atoms with E-state index < -0.39 is 28.5 Å². The molecule has 192 valence electrons. The summed E-state index contributed by atoms with van der Waals surface area (Å²) in [6.45, 7) is 6.86. The van der Waals surface area contributed by atoms with Crippen molar-refractivity contribution >= 4 is 39.1 Å². The highest BCUT2D eigenvalue weighted by molar-refractivity contribution is 7.92. The van der Waals surface area contributed by atoms with Gasteiger partial charge in [0.1, 0.15) is 18.3 Å². The van der Waals surface area contributed by atoms with Crippen LogP contribution >= 0.6 is 11.6 Å². The molecule has 0 fully saturated rings. The SMILES string of the molecule is CCC(C)NC(=O)C(C)N(Cc1ccc(OC)cc1)C(=O)CN(c1ccc(Cl)cc1C)S(C)(=O)=O. The molecule has 0 spiro atoms. The molecule has 0 heterocycles. The minimum absolute atomic E-state index is 0.0628. The van der Waals surface area contributed by atoms with Gasteiger partial charge in [-0.05, 0) is 68.7 Å². The third-order valence-electron chi connectivity index (χ3n) is 5.79. The number of sulfonamides is 1. The van der Waals surface area contributed by atoms with Crippen molar-refractivity contribution in [3.63, 3.8) is 0 Å². The summed E-state index contributed by atoms with van der Waals surface area (Å²) >= 11 is 6.04. The van der Waals surface area contributed by atoms with Crippen LogP contribution in [0.3, 0.4) is 0 Å². The van der Waals surface area contributed by atoms with Crippen molar-refractivity contribution in [2.45, 2.75) is 52.7 Å². The van der Waals surface area contributed by atoms with Crippen molar-refractivity contribution in [2.75, 3.05) is 24.2 Å². The van der Waals surface area contributed by atoms with E-state index in [1.807, 2.05) is 13.8 Å². The van der Waals surface area contributed by atoms with Crippen molar-refractivity contribution in [3.05, 3.63) is 58.6 Å². The fraction of sp³-hybridized carbons (Fsp3) is 0.440. The summed E-state index contributed by atoms with van der Waals surface area (Å²) in [4.78, 5) is 27.9. The number of hydrogen-bond donors (Lipinski definition) is 1. The topological polar surface area (TPSA) is 96.0 Å². The summed E-state index contributed by atoms with van der Waals surface area (Å²) in [5.74, 6) is -0.155. The van der Waals surface area contributed by atoms with Crippen molar-refractivity contribution in [1.82, 2.24) is 10.2 Å². The van der Waals surface area contributed by atoms with Gasteiger partial charge < -0.3 is 15.0 Å². The Labute approximate surface area is 213 Å². The van der Waals surface area contributed by atoms with Crippen LogP contribution in [0.4, 0.5) is 5.69 Å². The van der Waals surface area contributed by atoms with Gasteiger partial charge in [0.2, 0.25) is 21.8 Å². The molecule has 8 nitrogen and oxygen atoms in total. The van der Waals surface area contributed by atoms with E-state index >= 15 is 0 Å². The molecule has 0 radical (unpaired) electrons. The molecule has 2 amide bonds. The monoisotopic (exact) mass is 523 g/mol. The van der Waals surface area contributed by atoms with E-state index in [-0.39, 0.29) is 18.5 Å². The minimum atomic E-state index is -3.81. The molecule has 0 aliphatic heterocycles. The number of ether oxygens (including phenoxy) is 1. The number of carbonyl (C=O) groups is 2. The first-order valence-electron chi connectivity index (χ1n) is 11.3. The van der Waals surface area contributed by atoms with Crippen LogP contribution in [0, 0.1) is 6.92 Å². The predicted molar refractivity (Wildman–Crippen MR) is 139 cm³/mol. The number of carbonyl (C=O) groups excluding carboxylic acids is 2. The van der Waals surface area contributed by atoms with Crippen LogP contribution in [-0.4, -0.2) is 57.1 Å². The molecule has 2 atom stereocenters. The van der Waals surface area contributed by atoms with Gasteiger partial charge in [-0.15, -0.1) is 0 Å². The molecule has 2 aromatic carbocycles. The highest BCUT2D eigenvalue weighted by Crippen LogP contribution is 2.26. The van der Waals surface area contributed by atoms with E-state index in [4.69, 9.17) is 16.3 Å². The molecule has 2 unspecified atom stereocenters. The average molecular weight is 524 g/mol. The highest BCUT2D eigenvalue weighted by atomic mass is 35.5. The van der Waals surface area contributed by atoms with Crippen LogP contribution in [0.15, 0.2) is 42.5 Å². The van der Waals surface area contributed by atoms with E-state index in [1.165, 1.54) is 4.90 Å². The lowest BCUT2D eigenvalue weighted by Gasteiger charge is -2.32. The fourth-order valence-electron chi connectivity index (χ4n) is 3.47. The summed E-state index contributed by atoms with van der Waals surface area (Å²) in [5.41, 5.74) is 1.74. The van der Waals surface area contributed by atoms with Gasteiger partial charge in [0, 0.05) is 17.6 Å². The number of rotatable bonds is 11. The normalized spacial score (nSPS) is 13.0. The number of methoxy groups -OCH3 is 1. The molecule has 0 aliphatic rings. The fourth-order valence-corrected chi connectivity index (χ4v) is 4.60. The van der Waals surface area contributed by atoms with Gasteiger partial charge in [-0.2, -0.15) is 0 Å². The average Bonchev–Trinajstić information content (AvgIpc) is 2.80. The minimum Gasteiger partial charge on any atom is -0.497 e.